The predicted molar refractivity (Wildman–Crippen MR) is 133 cm³/mol. The van der Waals surface area contributed by atoms with Crippen LogP contribution in [0.25, 0.3) is 11.4 Å². The number of amides is 1. The average Bonchev–Trinajstić information content (AvgIpc) is 3.36. The summed E-state index contributed by atoms with van der Waals surface area (Å²) in [6.45, 7) is 10.3. The lowest BCUT2D eigenvalue weighted by atomic mass is 9.99. The van der Waals surface area contributed by atoms with Gasteiger partial charge in [-0.15, -0.1) is 5.10 Å². The first-order valence-electron chi connectivity index (χ1n) is 11.4. The van der Waals surface area contributed by atoms with Crippen LogP contribution in [0.3, 0.4) is 0 Å². The molecule has 180 valence electrons. The number of pyridine rings is 1. The van der Waals surface area contributed by atoms with Crippen molar-refractivity contribution in [2.45, 2.75) is 52.2 Å². The maximum absolute atomic E-state index is 13.3. The number of anilines is 1. The zero-order valence-electron chi connectivity index (χ0n) is 20.0. The summed E-state index contributed by atoms with van der Waals surface area (Å²) in [7, 11) is -1.21. The molecule has 4 heterocycles. The second kappa shape index (κ2) is 10.3. The van der Waals surface area contributed by atoms with Gasteiger partial charge in [-0.25, -0.2) is 9.67 Å². The van der Waals surface area contributed by atoms with E-state index >= 15 is 0 Å². The standard InChI is InChI=1S/C23H30ClN7O2Si/c1-16-12-26-27-14-19(16)21-28-23(31(29-21)15-33-9-10-34(2,3)4)30-8-7-18(22(30)32)11-17-5-6-20(24)25-13-17/h5-6,12-14,18H,7-11,15H2,1-4H3. The highest BCUT2D eigenvalue weighted by atomic mass is 35.5. The summed E-state index contributed by atoms with van der Waals surface area (Å²) in [4.78, 5) is 23.9. The number of halogens is 1. The Morgan fingerprint density at radius 2 is 1.97 bits per heavy atom. The van der Waals surface area contributed by atoms with Gasteiger partial charge in [-0.1, -0.05) is 37.3 Å². The molecule has 3 aromatic rings. The van der Waals surface area contributed by atoms with Crippen LogP contribution in [0, 0.1) is 12.8 Å². The highest BCUT2D eigenvalue weighted by molar-refractivity contribution is 6.76. The van der Waals surface area contributed by atoms with Crippen LogP contribution >= 0.6 is 11.6 Å². The zero-order valence-corrected chi connectivity index (χ0v) is 21.8. The molecule has 0 bridgehead atoms. The van der Waals surface area contributed by atoms with Crippen molar-refractivity contribution < 1.29 is 9.53 Å². The van der Waals surface area contributed by atoms with Crippen LogP contribution < -0.4 is 4.90 Å². The second-order valence-corrected chi connectivity index (χ2v) is 15.8. The second-order valence-electron chi connectivity index (χ2n) is 9.84. The molecule has 0 aromatic carbocycles. The first kappa shape index (κ1) is 24.4. The number of carbonyl (C=O) groups is 1. The average molecular weight is 500 g/mol. The Morgan fingerprint density at radius 1 is 1.18 bits per heavy atom. The molecule has 1 fully saturated rings. The SMILES string of the molecule is Cc1cnncc1-c1nc(N2CCC(Cc3ccc(Cl)nc3)C2=O)n(COCC[Si](C)(C)C)n1. The molecule has 0 spiro atoms. The van der Waals surface area contributed by atoms with Gasteiger partial charge in [0.1, 0.15) is 11.9 Å². The molecule has 11 heteroatoms. The van der Waals surface area contributed by atoms with Gasteiger partial charge in [0.05, 0.1) is 12.4 Å². The molecule has 1 aliphatic rings. The fourth-order valence-electron chi connectivity index (χ4n) is 3.82. The van der Waals surface area contributed by atoms with E-state index in [9.17, 15) is 4.79 Å². The minimum atomic E-state index is -1.21. The smallest absolute Gasteiger partial charge is 0.233 e. The molecule has 1 aliphatic heterocycles. The topological polar surface area (TPSA) is 98.9 Å². The summed E-state index contributed by atoms with van der Waals surface area (Å²) in [5.74, 6) is 0.894. The van der Waals surface area contributed by atoms with Crippen LogP contribution in [0.4, 0.5) is 5.95 Å². The molecular formula is C23H30ClN7O2Si. The summed E-state index contributed by atoms with van der Waals surface area (Å²) in [6.07, 6.45) is 6.39. The fraction of sp³-hybridized carbons (Fsp3) is 0.478. The molecule has 1 amide bonds. The maximum atomic E-state index is 13.3. The van der Waals surface area contributed by atoms with E-state index in [-0.39, 0.29) is 18.6 Å². The molecular weight excluding hydrogens is 470 g/mol. The molecule has 9 nitrogen and oxygen atoms in total. The van der Waals surface area contributed by atoms with E-state index in [0.717, 1.165) is 29.2 Å². The van der Waals surface area contributed by atoms with Crippen molar-refractivity contribution in [3.05, 3.63) is 47.0 Å². The number of nitrogens with zero attached hydrogens (tertiary/aromatic N) is 7. The molecule has 1 atom stereocenters. The van der Waals surface area contributed by atoms with E-state index in [2.05, 4.69) is 39.9 Å². The summed E-state index contributed by atoms with van der Waals surface area (Å²) >= 11 is 5.90. The monoisotopic (exact) mass is 499 g/mol. The number of aromatic nitrogens is 6. The Kier molecular flexibility index (Phi) is 7.39. The van der Waals surface area contributed by atoms with Crippen molar-refractivity contribution in [3.63, 3.8) is 0 Å². The maximum Gasteiger partial charge on any atom is 0.233 e. The number of hydrogen-bond acceptors (Lipinski definition) is 7. The van der Waals surface area contributed by atoms with E-state index in [0.29, 0.717) is 36.5 Å². The largest absolute Gasteiger partial charge is 0.359 e. The van der Waals surface area contributed by atoms with Gasteiger partial charge in [0.15, 0.2) is 5.82 Å². The molecule has 0 radical (unpaired) electrons. The summed E-state index contributed by atoms with van der Waals surface area (Å²) < 4.78 is 7.64. The Balaban J connectivity index is 1.55. The third-order valence-electron chi connectivity index (χ3n) is 5.86. The van der Waals surface area contributed by atoms with Crippen LogP contribution in [-0.4, -0.2) is 57.1 Å². The minimum absolute atomic E-state index is 0.0295. The molecule has 1 saturated heterocycles. The highest BCUT2D eigenvalue weighted by Gasteiger charge is 2.36. The van der Waals surface area contributed by atoms with Crippen LogP contribution in [0.2, 0.25) is 30.8 Å². The molecule has 4 rings (SSSR count). The van der Waals surface area contributed by atoms with E-state index in [1.807, 2.05) is 13.0 Å². The van der Waals surface area contributed by atoms with E-state index in [4.69, 9.17) is 21.3 Å². The van der Waals surface area contributed by atoms with Crippen LogP contribution in [0.5, 0.6) is 0 Å². The molecule has 3 aromatic heterocycles. The van der Waals surface area contributed by atoms with Gasteiger partial charge < -0.3 is 4.74 Å². The summed E-state index contributed by atoms with van der Waals surface area (Å²) in [6, 6.07) is 4.72. The molecule has 0 N–H and O–H groups in total. The first-order chi connectivity index (χ1) is 16.2. The number of aryl methyl sites for hydroxylation is 1. The van der Waals surface area contributed by atoms with Crippen molar-refractivity contribution >= 4 is 31.5 Å². The lowest BCUT2D eigenvalue weighted by molar-refractivity contribution is -0.120. The van der Waals surface area contributed by atoms with Crippen molar-refractivity contribution in [2.24, 2.45) is 5.92 Å². The number of carbonyl (C=O) groups excluding carboxylic acids is 1. The molecule has 0 saturated carbocycles. The lowest BCUT2D eigenvalue weighted by Gasteiger charge is -2.18. The number of ether oxygens (including phenoxy) is 1. The Bertz CT molecular complexity index is 1150. The Morgan fingerprint density at radius 3 is 2.68 bits per heavy atom. The minimum Gasteiger partial charge on any atom is -0.359 e. The predicted octanol–water partition coefficient (Wildman–Crippen LogP) is 4.00. The van der Waals surface area contributed by atoms with Crippen LogP contribution in [0.1, 0.15) is 17.5 Å². The summed E-state index contributed by atoms with van der Waals surface area (Å²) in [5.41, 5.74) is 2.69. The van der Waals surface area contributed by atoms with Crippen molar-refractivity contribution in [2.75, 3.05) is 18.1 Å². The van der Waals surface area contributed by atoms with Crippen LogP contribution in [-0.2, 0) is 22.7 Å². The Hall–Kier alpha value is -2.69. The van der Waals surface area contributed by atoms with Crippen molar-refractivity contribution in [1.29, 1.82) is 0 Å². The lowest BCUT2D eigenvalue weighted by Crippen LogP contribution is -2.31. The summed E-state index contributed by atoms with van der Waals surface area (Å²) in [5, 5.41) is 13.0. The molecule has 34 heavy (non-hydrogen) atoms. The third-order valence-corrected chi connectivity index (χ3v) is 7.79. The fourth-order valence-corrected chi connectivity index (χ4v) is 4.69. The van der Waals surface area contributed by atoms with Gasteiger partial charge in [0.25, 0.3) is 0 Å². The number of rotatable bonds is 9. The van der Waals surface area contributed by atoms with E-state index in [1.165, 1.54) is 0 Å². The van der Waals surface area contributed by atoms with Gasteiger partial charge in [0.2, 0.25) is 11.9 Å². The Labute approximate surface area is 205 Å². The highest BCUT2D eigenvalue weighted by Crippen LogP contribution is 2.29. The van der Waals surface area contributed by atoms with Gasteiger partial charge >= 0.3 is 0 Å². The van der Waals surface area contributed by atoms with Gasteiger partial charge in [-0.05, 0) is 43.0 Å². The van der Waals surface area contributed by atoms with Crippen molar-refractivity contribution in [3.8, 4) is 11.4 Å². The van der Waals surface area contributed by atoms with Gasteiger partial charge in [0, 0.05) is 38.9 Å². The first-order valence-corrected chi connectivity index (χ1v) is 15.5. The van der Waals surface area contributed by atoms with E-state index in [1.54, 1.807) is 34.2 Å². The molecule has 0 aliphatic carbocycles. The zero-order chi connectivity index (χ0) is 24.3. The quantitative estimate of drug-likeness (QED) is 0.249. The van der Waals surface area contributed by atoms with Gasteiger partial charge in [-0.2, -0.15) is 15.2 Å². The van der Waals surface area contributed by atoms with Crippen molar-refractivity contribution in [1.82, 2.24) is 29.9 Å². The number of hydrogen-bond donors (Lipinski definition) is 0. The molecule has 1 unspecified atom stereocenters. The van der Waals surface area contributed by atoms with Gasteiger partial charge in [-0.3, -0.25) is 9.69 Å². The normalized spacial score (nSPS) is 16.4. The van der Waals surface area contributed by atoms with E-state index < -0.39 is 8.07 Å². The third kappa shape index (κ3) is 5.86. The van der Waals surface area contributed by atoms with Crippen LogP contribution in [0.15, 0.2) is 30.7 Å².